The van der Waals surface area contributed by atoms with Crippen LogP contribution in [-0.2, 0) is 4.79 Å². The molecule has 0 saturated carbocycles. The van der Waals surface area contributed by atoms with Crippen LogP contribution in [0, 0.1) is 5.82 Å². The molecular weight excluding hydrogens is 381 g/mol. The SMILES string of the molecule is C[C@@H](C(=O)Nc1ccc(F)cc1)N1CCN(CCOc2ccc(Cl)cc2)CC1. The minimum atomic E-state index is -0.317. The minimum Gasteiger partial charge on any atom is -0.492 e. The number of nitrogens with zero attached hydrogens (tertiary/aromatic N) is 2. The third-order valence-electron chi connectivity index (χ3n) is 4.94. The van der Waals surface area contributed by atoms with Gasteiger partial charge in [0, 0.05) is 43.4 Å². The number of halogens is 2. The molecule has 1 heterocycles. The maximum Gasteiger partial charge on any atom is 0.241 e. The smallest absolute Gasteiger partial charge is 0.241 e. The van der Waals surface area contributed by atoms with Gasteiger partial charge in [-0.05, 0) is 55.5 Å². The van der Waals surface area contributed by atoms with Crippen LogP contribution in [0.1, 0.15) is 6.92 Å². The second kappa shape index (κ2) is 9.87. The number of rotatable bonds is 7. The molecule has 1 atom stereocenters. The lowest BCUT2D eigenvalue weighted by atomic mass is 10.2. The first-order valence-electron chi connectivity index (χ1n) is 9.42. The normalized spacial score (nSPS) is 16.5. The van der Waals surface area contributed by atoms with E-state index in [0.717, 1.165) is 38.5 Å². The van der Waals surface area contributed by atoms with Crippen LogP contribution >= 0.6 is 11.6 Å². The van der Waals surface area contributed by atoms with Crippen molar-refractivity contribution in [2.24, 2.45) is 0 Å². The summed E-state index contributed by atoms with van der Waals surface area (Å²) in [6.45, 7) is 6.77. The second-order valence-electron chi connectivity index (χ2n) is 6.85. The molecule has 0 unspecified atom stereocenters. The summed E-state index contributed by atoms with van der Waals surface area (Å²) in [5.74, 6) is 0.419. The Morgan fingerprint density at radius 1 is 1.11 bits per heavy atom. The van der Waals surface area contributed by atoms with E-state index < -0.39 is 0 Å². The summed E-state index contributed by atoms with van der Waals surface area (Å²) in [6, 6.07) is 12.9. The van der Waals surface area contributed by atoms with Crippen LogP contribution in [0.2, 0.25) is 5.02 Å². The van der Waals surface area contributed by atoms with Crippen LogP contribution in [0.15, 0.2) is 48.5 Å². The van der Waals surface area contributed by atoms with E-state index in [4.69, 9.17) is 16.3 Å². The van der Waals surface area contributed by atoms with Crippen molar-refractivity contribution in [3.05, 3.63) is 59.4 Å². The number of carbonyl (C=O) groups excluding carboxylic acids is 1. The van der Waals surface area contributed by atoms with E-state index in [0.29, 0.717) is 17.3 Å². The summed E-state index contributed by atoms with van der Waals surface area (Å²) in [6.07, 6.45) is 0. The first-order valence-corrected chi connectivity index (χ1v) is 9.80. The predicted octanol–water partition coefficient (Wildman–Crippen LogP) is 3.50. The molecule has 28 heavy (non-hydrogen) atoms. The van der Waals surface area contributed by atoms with Gasteiger partial charge < -0.3 is 10.1 Å². The molecule has 3 rings (SSSR count). The molecule has 1 fully saturated rings. The number of anilines is 1. The van der Waals surface area contributed by atoms with Crippen molar-refractivity contribution in [1.29, 1.82) is 0 Å². The van der Waals surface area contributed by atoms with E-state index in [-0.39, 0.29) is 17.8 Å². The molecule has 1 N–H and O–H groups in total. The van der Waals surface area contributed by atoms with Gasteiger partial charge in [0.15, 0.2) is 0 Å². The van der Waals surface area contributed by atoms with Crippen molar-refractivity contribution in [3.8, 4) is 5.75 Å². The summed E-state index contributed by atoms with van der Waals surface area (Å²) in [5, 5.41) is 3.54. The Balaban J connectivity index is 1.38. The van der Waals surface area contributed by atoms with Gasteiger partial charge >= 0.3 is 0 Å². The minimum absolute atomic E-state index is 0.0777. The highest BCUT2D eigenvalue weighted by Crippen LogP contribution is 2.16. The molecule has 0 radical (unpaired) electrons. The topological polar surface area (TPSA) is 44.8 Å². The Labute approximate surface area is 170 Å². The Hall–Kier alpha value is -2.15. The Morgan fingerprint density at radius 2 is 1.75 bits per heavy atom. The molecule has 0 bridgehead atoms. The molecule has 1 aliphatic rings. The number of piperazine rings is 1. The van der Waals surface area contributed by atoms with Gasteiger partial charge in [0.2, 0.25) is 5.91 Å². The molecule has 7 heteroatoms. The van der Waals surface area contributed by atoms with Crippen molar-refractivity contribution in [1.82, 2.24) is 9.80 Å². The van der Waals surface area contributed by atoms with Gasteiger partial charge in [0.05, 0.1) is 6.04 Å². The lowest BCUT2D eigenvalue weighted by Gasteiger charge is -2.37. The molecule has 1 amide bonds. The Bertz CT molecular complexity index is 762. The average Bonchev–Trinajstić information content (AvgIpc) is 2.71. The Kier molecular flexibility index (Phi) is 7.25. The first-order chi connectivity index (χ1) is 13.5. The van der Waals surface area contributed by atoms with Crippen molar-refractivity contribution in [2.45, 2.75) is 13.0 Å². The highest BCUT2D eigenvalue weighted by atomic mass is 35.5. The summed E-state index contributed by atoms with van der Waals surface area (Å²) in [5.41, 5.74) is 0.608. The van der Waals surface area contributed by atoms with Gasteiger partial charge in [0.1, 0.15) is 18.2 Å². The highest BCUT2D eigenvalue weighted by molar-refractivity contribution is 6.30. The molecule has 2 aromatic rings. The number of ether oxygens (including phenoxy) is 1. The summed E-state index contributed by atoms with van der Waals surface area (Å²) < 4.78 is 18.7. The summed E-state index contributed by atoms with van der Waals surface area (Å²) in [7, 11) is 0. The van der Waals surface area contributed by atoms with Gasteiger partial charge in [0.25, 0.3) is 0 Å². The van der Waals surface area contributed by atoms with Crippen molar-refractivity contribution in [2.75, 3.05) is 44.6 Å². The number of amides is 1. The number of hydrogen-bond acceptors (Lipinski definition) is 4. The summed E-state index contributed by atoms with van der Waals surface area (Å²) >= 11 is 5.87. The van der Waals surface area contributed by atoms with Gasteiger partial charge in [-0.25, -0.2) is 4.39 Å². The van der Waals surface area contributed by atoms with E-state index in [1.807, 2.05) is 31.2 Å². The zero-order chi connectivity index (χ0) is 19.9. The number of carbonyl (C=O) groups is 1. The third kappa shape index (κ3) is 5.92. The zero-order valence-corrected chi connectivity index (χ0v) is 16.7. The molecule has 2 aromatic carbocycles. The largest absolute Gasteiger partial charge is 0.492 e. The van der Waals surface area contributed by atoms with Crippen LogP contribution in [0.25, 0.3) is 0 Å². The molecule has 0 aromatic heterocycles. The van der Waals surface area contributed by atoms with Crippen LogP contribution in [0.3, 0.4) is 0 Å². The van der Waals surface area contributed by atoms with E-state index in [2.05, 4.69) is 15.1 Å². The molecule has 0 aliphatic carbocycles. The standard InChI is InChI=1S/C21H25ClFN3O2/c1-16(21(27)24-19-6-4-18(23)5-7-19)26-12-10-25(11-13-26)14-15-28-20-8-2-17(22)3-9-20/h2-9,16H,10-15H2,1H3,(H,24,27)/t16-/m0/s1. The van der Waals surface area contributed by atoms with Crippen LogP contribution < -0.4 is 10.1 Å². The van der Waals surface area contributed by atoms with E-state index in [1.165, 1.54) is 12.1 Å². The molecule has 1 saturated heterocycles. The quantitative estimate of drug-likeness (QED) is 0.765. The van der Waals surface area contributed by atoms with Crippen LogP contribution in [-0.4, -0.2) is 61.1 Å². The fraction of sp³-hybridized carbons (Fsp3) is 0.381. The summed E-state index contributed by atoms with van der Waals surface area (Å²) in [4.78, 5) is 16.9. The maximum absolute atomic E-state index is 13.0. The van der Waals surface area contributed by atoms with Crippen molar-refractivity contribution >= 4 is 23.2 Å². The van der Waals surface area contributed by atoms with Crippen LogP contribution in [0.5, 0.6) is 5.75 Å². The van der Waals surface area contributed by atoms with Crippen molar-refractivity contribution < 1.29 is 13.9 Å². The van der Waals surface area contributed by atoms with E-state index in [1.54, 1.807) is 12.1 Å². The lowest BCUT2D eigenvalue weighted by Crippen LogP contribution is -2.53. The van der Waals surface area contributed by atoms with Crippen molar-refractivity contribution in [3.63, 3.8) is 0 Å². The van der Waals surface area contributed by atoms with Gasteiger partial charge in [-0.1, -0.05) is 11.6 Å². The van der Waals surface area contributed by atoms with Gasteiger partial charge in [-0.15, -0.1) is 0 Å². The molecule has 0 spiro atoms. The highest BCUT2D eigenvalue weighted by Gasteiger charge is 2.25. The predicted molar refractivity (Wildman–Crippen MR) is 109 cm³/mol. The number of benzene rings is 2. The molecular formula is C21H25ClFN3O2. The zero-order valence-electron chi connectivity index (χ0n) is 15.9. The maximum atomic E-state index is 13.0. The molecule has 150 valence electrons. The van der Waals surface area contributed by atoms with E-state index >= 15 is 0 Å². The Morgan fingerprint density at radius 3 is 2.39 bits per heavy atom. The molecule has 1 aliphatic heterocycles. The van der Waals surface area contributed by atoms with Crippen LogP contribution in [0.4, 0.5) is 10.1 Å². The fourth-order valence-electron chi connectivity index (χ4n) is 3.14. The number of nitrogens with one attached hydrogen (secondary N) is 1. The molecule has 5 nitrogen and oxygen atoms in total. The number of hydrogen-bond donors (Lipinski definition) is 1. The second-order valence-corrected chi connectivity index (χ2v) is 7.29. The van der Waals surface area contributed by atoms with Gasteiger partial charge in [-0.3, -0.25) is 14.6 Å². The lowest BCUT2D eigenvalue weighted by molar-refractivity contribution is -0.121. The third-order valence-corrected chi connectivity index (χ3v) is 5.19. The first kappa shape index (κ1) is 20.6. The fourth-order valence-corrected chi connectivity index (χ4v) is 3.27. The monoisotopic (exact) mass is 405 g/mol. The van der Waals surface area contributed by atoms with E-state index in [9.17, 15) is 9.18 Å². The van der Waals surface area contributed by atoms with Gasteiger partial charge in [-0.2, -0.15) is 0 Å². The average molecular weight is 406 g/mol.